The molecule has 0 saturated carbocycles. The second-order valence-corrected chi connectivity index (χ2v) is 8.00. The van der Waals surface area contributed by atoms with Gasteiger partial charge in [-0.1, -0.05) is 32.9 Å². The van der Waals surface area contributed by atoms with Crippen LogP contribution in [-0.2, 0) is 10.2 Å². The number of carbonyl (C=O) groups excluding carboxylic acids is 2. The Morgan fingerprint density at radius 1 is 1.08 bits per heavy atom. The van der Waals surface area contributed by atoms with Gasteiger partial charge < -0.3 is 15.7 Å². The Hall–Kier alpha value is -1.88. The predicted octanol–water partition coefficient (Wildman–Crippen LogP) is 2.38. The summed E-state index contributed by atoms with van der Waals surface area (Å²) in [6, 6.07) is 7.23. The van der Waals surface area contributed by atoms with Crippen molar-refractivity contribution in [2.24, 2.45) is 0 Å². The van der Waals surface area contributed by atoms with Crippen molar-refractivity contribution in [1.29, 1.82) is 0 Å². The molecule has 5 heteroatoms. The first-order chi connectivity index (χ1) is 10.9. The van der Waals surface area contributed by atoms with Gasteiger partial charge in [-0.2, -0.15) is 0 Å². The zero-order chi connectivity index (χ0) is 18.5. The molecular formula is C19H30N2O3. The molecule has 2 amide bonds. The highest BCUT2D eigenvalue weighted by atomic mass is 16.3. The molecule has 0 fully saturated rings. The lowest BCUT2D eigenvalue weighted by atomic mass is 9.87. The van der Waals surface area contributed by atoms with Crippen molar-refractivity contribution < 1.29 is 14.7 Å². The summed E-state index contributed by atoms with van der Waals surface area (Å²) in [5.41, 5.74) is 0.869. The molecule has 0 bridgehead atoms. The molecule has 1 atom stereocenters. The van der Waals surface area contributed by atoms with Crippen molar-refractivity contribution in [3.8, 4) is 0 Å². The third-order valence-corrected chi connectivity index (χ3v) is 3.64. The van der Waals surface area contributed by atoms with Crippen LogP contribution in [0.25, 0.3) is 0 Å². The molecule has 1 rings (SSSR count). The van der Waals surface area contributed by atoms with Gasteiger partial charge in [-0.25, -0.2) is 0 Å². The van der Waals surface area contributed by atoms with Crippen LogP contribution in [0.15, 0.2) is 24.3 Å². The minimum absolute atomic E-state index is 0.0332. The second kappa shape index (κ2) is 7.79. The topological polar surface area (TPSA) is 78.4 Å². The minimum Gasteiger partial charge on any atom is -0.390 e. The average Bonchev–Trinajstić information content (AvgIpc) is 2.41. The lowest BCUT2D eigenvalue weighted by Gasteiger charge is -2.23. The highest BCUT2D eigenvalue weighted by Crippen LogP contribution is 2.22. The zero-order valence-corrected chi connectivity index (χ0v) is 15.6. The molecule has 0 spiro atoms. The van der Waals surface area contributed by atoms with Crippen LogP contribution in [0.2, 0.25) is 0 Å². The summed E-state index contributed by atoms with van der Waals surface area (Å²) in [6.07, 6.45) is 0.445. The molecule has 0 saturated heterocycles. The first-order valence-electron chi connectivity index (χ1n) is 8.29. The first-order valence-corrected chi connectivity index (χ1v) is 8.29. The summed E-state index contributed by atoms with van der Waals surface area (Å²) < 4.78 is 0. The van der Waals surface area contributed by atoms with Crippen LogP contribution in [0.4, 0.5) is 0 Å². The molecule has 0 aliphatic rings. The van der Waals surface area contributed by atoms with Crippen LogP contribution in [0.3, 0.4) is 0 Å². The van der Waals surface area contributed by atoms with Crippen LogP contribution in [0.1, 0.15) is 63.9 Å². The van der Waals surface area contributed by atoms with Gasteiger partial charge in [0.05, 0.1) is 12.1 Å². The molecule has 0 unspecified atom stereocenters. The van der Waals surface area contributed by atoms with Gasteiger partial charge >= 0.3 is 0 Å². The molecule has 0 radical (unpaired) electrons. The van der Waals surface area contributed by atoms with Crippen LogP contribution in [-0.4, -0.2) is 35.1 Å². The number of hydrogen-bond donors (Lipinski definition) is 3. The second-order valence-electron chi connectivity index (χ2n) is 8.00. The van der Waals surface area contributed by atoms with Crippen LogP contribution >= 0.6 is 0 Å². The maximum Gasteiger partial charge on any atom is 0.251 e. The number of hydrogen-bond acceptors (Lipinski definition) is 3. The molecule has 0 aromatic heterocycles. The number of benzene rings is 1. The van der Waals surface area contributed by atoms with Crippen molar-refractivity contribution >= 4 is 11.8 Å². The monoisotopic (exact) mass is 334 g/mol. The highest BCUT2D eigenvalue weighted by Gasteiger charge is 2.19. The van der Waals surface area contributed by atoms with Gasteiger partial charge in [0.2, 0.25) is 5.91 Å². The third kappa shape index (κ3) is 7.13. The third-order valence-electron chi connectivity index (χ3n) is 3.64. The normalized spacial score (nSPS) is 13.3. The van der Waals surface area contributed by atoms with E-state index in [-0.39, 0.29) is 29.8 Å². The van der Waals surface area contributed by atoms with Crippen molar-refractivity contribution in [1.82, 2.24) is 10.6 Å². The molecule has 24 heavy (non-hydrogen) atoms. The lowest BCUT2D eigenvalue weighted by molar-refractivity contribution is -0.121. The molecule has 5 nitrogen and oxygen atoms in total. The van der Waals surface area contributed by atoms with Gasteiger partial charge in [-0.3, -0.25) is 9.59 Å². The minimum atomic E-state index is -0.843. The summed E-state index contributed by atoms with van der Waals surface area (Å²) in [6.45, 7) is 11.5. The largest absolute Gasteiger partial charge is 0.390 e. The van der Waals surface area contributed by atoms with Gasteiger partial charge in [0.15, 0.2) is 0 Å². The van der Waals surface area contributed by atoms with E-state index < -0.39 is 5.60 Å². The van der Waals surface area contributed by atoms with Crippen molar-refractivity contribution in [2.45, 2.75) is 65.0 Å². The fourth-order valence-corrected chi connectivity index (χ4v) is 2.51. The van der Waals surface area contributed by atoms with Crippen LogP contribution < -0.4 is 10.6 Å². The van der Waals surface area contributed by atoms with Gasteiger partial charge in [0, 0.05) is 11.6 Å². The van der Waals surface area contributed by atoms with Crippen molar-refractivity contribution in [3.05, 3.63) is 35.4 Å². The number of carbonyl (C=O) groups is 2. The van der Waals surface area contributed by atoms with E-state index in [9.17, 15) is 14.7 Å². The lowest BCUT2D eigenvalue weighted by Crippen LogP contribution is -2.43. The maximum atomic E-state index is 12.1. The van der Waals surface area contributed by atoms with Crippen LogP contribution in [0, 0.1) is 0 Å². The molecule has 3 N–H and O–H groups in total. The number of aliphatic hydroxyl groups is 1. The Morgan fingerprint density at radius 2 is 1.62 bits per heavy atom. The van der Waals surface area contributed by atoms with E-state index in [1.165, 1.54) is 0 Å². The molecular weight excluding hydrogens is 304 g/mol. The van der Waals surface area contributed by atoms with Crippen molar-refractivity contribution in [3.63, 3.8) is 0 Å². The molecule has 1 aromatic carbocycles. The smallest absolute Gasteiger partial charge is 0.251 e. The van der Waals surface area contributed by atoms with Gasteiger partial charge in [0.25, 0.3) is 5.91 Å². The Kier molecular flexibility index (Phi) is 6.55. The summed E-state index contributed by atoms with van der Waals surface area (Å²) >= 11 is 0. The Morgan fingerprint density at radius 3 is 2.08 bits per heavy atom. The fourth-order valence-electron chi connectivity index (χ4n) is 2.51. The number of nitrogens with one attached hydrogen (secondary N) is 2. The summed E-state index contributed by atoms with van der Waals surface area (Å²) in [4.78, 5) is 23.9. The zero-order valence-electron chi connectivity index (χ0n) is 15.6. The molecule has 0 aliphatic carbocycles. The Bertz CT molecular complexity index is 566. The Labute approximate surface area is 144 Å². The van der Waals surface area contributed by atoms with E-state index >= 15 is 0 Å². The standard InChI is InChI=1S/C19H30N2O3/c1-13(11-19(5,6)24)21-16(22)12-20-17(23)14-7-9-15(10-8-14)18(2,3)4/h7-10,13,24H,11-12H2,1-6H3,(H,20,23)(H,21,22)/t13-/m1/s1. The van der Waals surface area contributed by atoms with Gasteiger partial charge in [0.1, 0.15) is 0 Å². The van der Waals surface area contributed by atoms with E-state index in [2.05, 4.69) is 31.4 Å². The van der Waals surface area contributed by atoms with E-state index in [0.29, 0.717) is 12.0 Å². The summed E-state index contributed by atoms with van der Waals surface area (Å²) in [5.74, 6) is -0.549. The van der Waals surface area contributed by atoms with E-state index in [1.54, 1.807) is 26.0 Å². The summed E-state index contributed by atoms with van der Waals surface area (Å²) in [5, 5.41) is 15.1. The van der Waals surface area contributed by atoms with Gasteiger partial charge in [-0.05, 0) is 50.3 Å². The molecule has 0 aliphatic heterocycles. The number of rotatable bonds is 6. The van der Waals surface area contributed by atoms with Gasteiger partial charge in [-0.15, -0.1) is 0 Å². The maximum absolute atomic E-state index is 12.1. The molecule has 1 aromatic rings. The quantitative estimate of drug-likeness (QED) is 0.747. The van der Waals surface area contributed by atoms with E-state index in [1.807, 2.05) is 19.1 Å². The highest BCUT2D eigenvalue weighted by molar-refractivity contribution is 5.96. The predicted molar refractivity (Wildman–Crippen MR) is 96.0 cm³/mol. The average molecular weight is 334 g/mol. The Balaban J connectivity index is 2.50. The summed E-state index contributed by atoms with van der Waals surface area (Å²) in [7, 11) is 0. The van der Waals surface area contributed by atoms with E-state index in [0.717, 1.165) is 5.56 Å². The molecule has 0 heterocycles. The SMILES string of the molecule is C[C@H](CC(C)(C)O)NC(=O)CNC(=O)c1ccc(C(C)(C)C)cc1. The van der Waals surface area contributed by atoms with Crippen LogP contribution in [0.5, 0.6) is 0 Å². The first kappa shape index (κ1) is 20.2. The van der Waals surface area contributed by atoms with Crippen molar-refractivity contribution in [2.75, 3.05) is 6.54 Å². The fraction of sp³-hybridized carbons (Fsp3) is 0.579. The molecule has 134 valence electrons. The number of amides is 2. The van der Waals surface area contributed by atoms with E-state index in [4.69, 9.17) is 0 Å².